The van der Waals surface area contributed by atoms with Gasteiger partial charge in [0.15, 0.2) is 0 Å². The van der Waals surface area contributed by atoms with Crippen LogP contribution >= 0.6 is 0 Å². The van der Waals surface area contributed by atoms with Gasteiger partial charge >= 0.3 is 0 Å². The molecule has 0 aliphatic carbocycles. The van der Waals surface area contributed by atoms with Gasteiger partial charge in [-0.15, -0.1) is 0 Å². The Balaban J connectivity index is 1.86. The lowest BCUT2D eigenvalue weighted by Gasteiger charge is -2.24. The summed E-state index contributed by atoms with van der Waals surface area (Å²) in [7, 11) is -3.49. The highest BCUT2D eigenvalue weighted by Gasteiger charge is 2.25. The molecule has 0 heterocycles. The van der Waals surface area contributed by atoms with Crippen LogP contribution in [0.2, 0.25) is 0 Å². The summed E-state index contributed by atoms with van der Waals surface area (Å²) in [5, 5.41) is 10.4. The molecule has 0 fully saturated rings. The van der Waals surface area contributed by atoms with Crippen molar-refractivity contribution in [3.63, 3.8) is 0 Å². The van der Waals surface area contributed by atoms with E-state index in [1.54, 1.807) is 0 Å². The van der Waals surface area contributed by atoms with Crippen LogP contribution < -0.4 is 4.72 Å². The van der Waals surface area contributed by atoms with Gasteiger partial charge in [0, 0.05) is 6.54 Å². The minimum atomic E-state index is -3.49. The molecule has 0 aliphatic rings. The number of aliphatic hydroxyl groups is 1. The molecule has 0 saturated heterocycles. The Kier molecular flexibility index (Phi) is 6.10. The van der Waals surface area contributed by atoms with E-state index >= 15 is 0 Å². The van der Waals surface area contributed by atoms with Crippen molar-refractivity contribution >= 4 is 10.0 Å². The highest BCUT2D eigenvalue weighted by molar-refractivity contribution is 7.89. The molecule has 6 heteroatoms. The first-order valence-electron chi connectivity index (χ1n) is 7.78. The smallest absolute Gasteiger partial charge is 0.211 e. The van der Waals surface area contributed by atoms with Crippen LogP contribution in [0.5, 0.6) is 0 Å². The van der Waals surface area contributed by atoms with Crippen LogP contribution in [0.15, 0.2) is 54.6 Å². The Labute approximate surface area is 142 Å². The molecule has 1 atom stereocenters. The maximum atomic E-state index is 12.9. The first-order chi connectivity index (χ1) is 11.3. The van der Waals surface area contributed by atoms with Crippen molar-refractivity contribution in [1.29, 1.82) is 0 Å². The van der Waals surface area contributed by atoms with Crippen LogP contribution in [0.4, 0.5) is 4.39 Å². The highest BCUT2D eigenvalue weighted by atomic mass is 32.2. The number of rotatable bonds is 8. The van der Waals surface area contributed by atoms with Crippen LogP contribution in [-0.4, -0.2) is 25.8 Å². The van der Waals surface area contributed by atoms with Crippen LogP contribution in [0.25, 0.3) is 0 Å². The Morgan fingerprint density at radius 1 is 1.08 bits per heavy atom. The van der Waals surface area contributed by atoms with Crippen molar-refractivity contribution in [2.75, 3.05) is 12.3 Å². The van der Waals surface area contributed by atoms with Crippen molar-refractivity contribution in [2.24, 2.45) is 0 Å². The average Bonchev–Trinajstić information content (AvgIpc) is 2.55. The van der Waals surface area contributed by atoms with Gasteiger partial charge in [-0.2, -0.15) is 0 Å². The maximum Gasteiger partial charge on any atom is 0.211 e. The first kappa shape index (κ1) is 18.6. The zero-order chi connectivity index (χ0) is 17.6. The van der Waals surface area contributed by atoms with Crippen LogP contribution in [0.1, 0.15) is 24.5 Å². The van der Waals surface area contributed by atoms with E-state index in [0.29, 0.717) is 18.4 Å². The van der Waals surface area contributed by atoms with Gasteiger partial charge in [0.2, 0.25) is 10.0 Å². The number of halogens is 1. The molecule has 0 bridgehead atoms. The lowest BCUT2D eigenvalue weighted by molar-refractivity contribution is 0.0627. The normalized spacial score (nSPS) is 14.3. The number of hydrogen-bond acceptors (Lipinski definition) is 3. The molecule has 2 rings (SSSR count). The SMILES string of the molecule is CC(O)(CNS(=O)(=O)CCCc1ccccc1)c1ccc(F)cc1. The molecular formula is C18H22FNO3S. The average molecular weight is 351 g/mol. The van der Waals surface area contributed by atoms with Gasteiger partial charge in [0.05, 0.1) is 5.75 Å². The lowest BCUT2D eigenvalue weighted by Crippen LogP contribution is -2.39. The minimum Gasteiger partial charge on any atom is -0.384 e. The second kappa shape index (κ2) is 7.88. The molecule has 2 aromatic carbocycles. The third kappa shape index (κ3) is 5.70. The largest absolute Gasteiger partial charge is 0.384 e. The van der Waals surface area contributed by atoms with Crippen molar-refractivity contribution in [2.45, 2.75) is 25.4 Å². The van der Waals surface area contributed by atoms with E-state index in [9.17, 15) is 17.9 Å². The van der Waals surface area contributed by atoms with Gasteiger partial charge in [-0.25, -0.2) is 17.5 Å². The fraction of sp³-hybridized carbons (Fsp3) is 0.333. The third-order valence-electron chi connectivity index (χ3n) is 3.82. The zero-order valence-electron chi connectivity index (χ0n) is 13.6. The maximum absolute atomic E-state index is 12.9. The zero-order valence-corrected chi connectivity index (χ0v) is 14.4. The predicted molar refractivity (Wildman–Crippen MR) is 92.5 cm³/mol. The molecule has 24 heavy (non-hydrogen) atoms. The molecule has 130 valence electrons. The van der Waals surface area contributed by atoms with E-state index in [-0.39, 0.29) is 12.3 Å². The molecule has 0 amide bonds. The minimum absolute atomic E-state index is 0.0125. The van der Waals surface area contributed by atoms with Gasteiger partial charge in [-0.3, -0.25) is 0 Å². The van der Waals surface area contributed by atoms with Crippen LogP contribution in [-0.2, 0) is 22.0 Å². The first-order valence-corrected chi connectivity index (χ1v) is 9.43. The van der Waals surface area contributed by atoms with Gasteiger partial charge in [-0.1, -0.05) is 42.5 Å². The fourth-order valence-corrected chi connectivity index (χ4v) is 3.51. The van der Waals surface area contributed by atoms with Crippen molar-refractivity contribution in [1.82, 2.24) is 4.72 Å². The quantitative estimate of drug-likeness (QED) is 0.768. The Bertz CT molecular complexity index is 744. The summed E-state index contributed by atoms with van der Waals surface area (Å²) >= 11 is 0. The molecule has 2 N–H and O–H groups in total. The third-order valence-corrected chi connectivity index (χ3v) is 5.23. The van der Waals surface area contributed by atoms with E-state index in [4.69, 9.17) is 0 Å². The van der Waals surface area contributed by atoms with E-state index in [0.717, 1.165) is 5.56 Å². The molecule has 0 aromatic heterocycles. The molecule has 0 saturated carbocycles. The summed E-state index contributed by atoms with van der Waals surface area (Å²) in [5.41, 5.74) is 0.141. The van der Waals surface area contributed by atoms with Gasteiger partial charge < -0.3 is 5.11 Å². The van der Waals surface area contributed by atoms with Gasteiger partial charge in [0.1, 0.15) is 11.4 Å². The summed E-state index contributed by atoms with van der Waals surface area (Å²) in [5.74, 6) is -0.419. The second-order valence-corrected chi connectivity index (χ2v) is 7.94. The molecule has 0 spiro atoms. The fourth-order valence-electron chi connectivity index (χ4n) is 2.34. The second-order valence-electron chi connectivity index (χ2n) is 6.01. The van der Waals surface area contributed by atoms with Crippen LogP contribution in [0, 0.1) is 5.82 Å². The van der Waals surface area contributed by atoms with Crippen molar-refractivity contribution in [3.8, 4) is 0 Å². The lowest BCUT2D eigenvalue weighted by atomic mass is 9.96. The molecule has 0 aliphatic heterocycles. The summed E-state index contributed by atoms with van der Waals surface area (Å²) in [4.78, 5) is 0. The van der Waals surface area contributed by atoms with Gasteiger partial charge in [-0.05, 0) is 43.0 Å². The number of hydrogen-bond donors (Lipinski definition) is 2. The topological polar surface area (TPSA) is 66.4 Å². The van der Waals surface area contributed by atoms with E-state index in [1.807, 2.05) is 30.3 Å². The summed E-state index contributed by atoms with van der Waals surface area (Å²) in [6.07, 6.45) is 1.17. The molecule has 0 radical (unpaired) electrons. The Morgan fingerprint density at radius 2 is 1.71 bits per heavy atom. The van der Waals surface area contributed by atoms with Crippen molar-refractivity contribution in [3.05, 3.63) is 71.5 Å². The monoisotopic (exact) mass is 351 g/mol. The molecule has 1 unspecified atom stereocenters. The Hall–Kier alpha value is -1.76. The number of benzene rings is 2. The van der Waals surface area contributed by atoms with Gasteiger partial charge in [0.25, 0.3) is 0 Å². The van der Waals surface area contributed by atoms with E-state index < -0.39 is 21.4 Å². The number of nitrogens with one attached hydrogen (secondary N) is 1. The summed E-state index contributed by atoms with van der Waals surface area (Å²) in [6.45, 7) is 1.33. The predicted octanol–water partition coefficient (Wildman–Crippen LogP) is 2.59. The molecule has 4 nitrogen and oxygen atoms in total. The van der Waals surface area contributed by atoms with E-state index in [1.165, 1.54) is 31.2 Å². The standard InChI is InChI=1S/C18H22FNO3S/c1-18(21,16-9-11-17(19)12-10-16)14-20-24(22,23)13-5-8-15-6-3-2-4-7-15/h2-4,6-7,9-12,20-21H,5,8,13-14H2,1H3. The molecular weight excluding hydrogens is 329 g/mol. The summed E-state index contributed by atoms with van der Waals surface area (Å²) < 4.78 is 39.5. The van der Waals surface area contributed by atoms with Crippen molar-refractivity contribution < 1.29 is 17.9 Å². The van der Waals surface area contributed by atoms with Crippen LogP contribution in [0.3, 0.4) is 0 Å². The summed E-state index contributed by atoms with van der Waals surface area (Å²) in [6, 6.07) is 15.0. The number of aryl methyl sites for hydroxylation is 1. The highest BCUT2D eigenvalue weighted by Crippen LogP contribution is 2.20. The van der Waals surface area contributed by atoms with E-state index in [2.05, 4.69) is 4.72 Å². The number of sulfonamides is 1. The molecule has 2 aromatic rings. The Morgan fingerprint density at radius 3 is 2.33 bits per heavy atom.